The third-order valence-corrected chi connectivity index (χ3v) is 7.37. The molecule has 0 amide bonds. The van der Waals surface area contributed by atoms with Crippen LogP contribution < -0.4 is 5.73 Å². The second-order valence-corrected chi connectivity index (χ2v) is 10.1. The van der Waals surface area contributed by atoms with Crippen LogP contribution in [0.4, 0.5) is 0 Å². The van der Waals surface area contributed by atoms with Gasteiger partial charge in [-0.15, -0.1) is 11.3 Å². The molecule has 0 spiro atoms. The van der Waals surface area contributed by atoms with Crippen LogP contribution in [0.15, 0.2) is 66.7 Å². The summed E-state index contributed by atoms with van der Waals surface area (Å²) in [7, 11) is 0. The topological polar surface area (TPSA) is 126 Å². The molecule has 1 atom stereocenters. The van der Waals surface area contributed by atoms with Crippen LogP contribution in [-0.2, 0) is 0 Å². The van der Waals surface area contributed by atoms with Gasteiger partial charge in [0.1, 0.15) is 11.0 Å². The highest BCUT2D eigenvalue weighted by Crippen LogP contribution is 2.39. The summed E-state index contributed by atoms with van der Waals surface area (Å²) in [5, 5.41) is 7.58. The molecule has 8 nitrogen and oxygen atoms in total. The van der Waals surface area contributed by atoms with Crippen molar-refractivity contribution in [3.05, 3.63) is 77.2 Å². The predicted octanol–water partition coefficient (Wildman–Crippen LogP) is 5.65. The molecule has 5 aromatic rings. The maximum Gasteiger partial charge on any atom is 0.169 e. The van der Waals surface area contributed by atoms with Crippen LogP contribution in [0.1, 0.15) is 35.6 Å². The zero-order chi connectivity index (χ0) is 25.0. The Kier molecular flexibility index (Phi) is 5.15. The summed E-state index contributed by atoms with van der Waals surface area (Å²) >= 11 is 1.43. The van der Waals surface area contributed by atoms with E-state index in [-0.39, 0.29) is 5.78 Å². The lowest BCUT2D eigenvalue weighted by molar-refractivity contribution is 0.102. The number of allylic oxidation sites excluding steroid dienone is 5. The minimum absolute atomic E-state index is 0.0399. The number of carbonyl (C=O) groups excluding carboxylic acids is 1. The highest BCUT2D eigenvalue weighted by Gasteiger charge is 2.25. The van der Waals surface area contributed by atoms with E-state index in [1.54, 1.807) is 19.3 Å². The van der Waals surface area contributed by atoms with Crippen molar-refractivity contribution in [2.75, 3.05) is 0 Å². The summed E-state index contributed by atoms with van der Waals surface area (Å²) in [5.74, 6) is 0.988. The Hall–Kier alpha value is -4.37. The third-order valence-electron chi connectivity index (χ3n) is 6.15. The Morgan fingerprint density at radius 2 is 1.97 bits per heavy atom. The minimum atomic E-state index is 0.0399. The maximum absolute atomic E-state index is 11.8. The molecule has 9 heteroatoms. The number of fused-ring (bicyclic) bond motifs is 2. The number of imidazole rings is 1. The fourth-order valence-electron chi connectivity index (χ4n) is 4.19. The fourth-order valence-corrected chi connectivity index (χ4v) is 5.10. The van der Waals surface area contributed by atoms with Gasteiger partial charge >= 0.3 is 0 Å². The molecule has 1 saturated carbocycles. The van der Waals surface area contributed by atoms with Crippen LogP contribution in [0.25, 0.3) is 49.6 Å². The Bertz CT molecular complexity index is 1750. The molecule has 5 aromatic heterocycles. The molecule has 5 heterocycles. The predicted molar refractivity (Wildman–Crippen MR) is 143 cm³/mol. The molecule has 0 aliphatic heterocycles. The van der Waals surface area contributed by atoms with Gasteiger partial charge in [-0.05, 0) is 56.2 Å². The SMILES string of the molecule is C=C1CC1/C=C(\C=C(/C)N)c1ccc2[nH]nc(-c3nc4c(-c5ccc(C(C)=O)s5)cncc4[nH]3)c2n1. The number of carbonyl (C=O) groups is 1. The van der Waals surface area contributed by atoms with Crippen molar-refractivity contribution in [2.24, 2.45) is 11.7 Å². The second-order valence-electron chi connectivity index (χ2n) is 9.03. The van der Waals surface area contributed by atoms with E-state index >= 15 is 0 Å². The van der Waals surface area contributed by atoms with Crippen LogP contribution in [0.3, 0.4) is 0 Å². The Morgan fingerprint density at radius 3 is 2.69 bits per heavy atom. The van der Waals surface area contributed by atoms with Gasteiger partial charge in [0.2, 0.25) is 0 Å². The maximum atomic E-state index is 11.8. The first kappa shape index (κ1) is 22.1. The van der Waals surface area contributed by atoms with E-state index in [0.717, 1.165) is 44.7 Å². The number of nitrogens with zero attached hydrogens (tertiary/aromatic N) is 4. The second kappa shape index (κ2) is 8.39. The Balaban J connectivity index is 1.45. The molecule has 0 radical (unpaired) electrons. The van der Waals surface area contributed by atoms with Crippen molar-refractivity contribution < 1.29 is 4.79 Å². The Morgan fingerprint density at radius 1 is 1.14 bits per heavy atom. The zero-order valence-corrected chi connectivity index (χ0v) is 20.6. The van der Waals surface area contributed by atoms with Gasteiger partial charge in [-0.2, -0.15) is 5.10 Å². The molecule has 0 bridgehead atoms. The van der Waals surface area contributed by atoms with Crippen LogP contribution in [0.2, 0.25) is 0 Å². The molecule has 36 heavy (non-hydrogen) atoms. The number of pyridine rings is 2. The van der Waals surface area contributed by atoms with Gasteiger partial charge in [0.25, 0.3) is 0 Å². The minimum Gasteiger partial charge on any atom is -0.402 e. The normalized spacial score (nSPS) is 16.3. The Labute approximate surface area is 210 Å². The summed E-state index contributed by atoms with van der Waals surface area (Å²) in [5.41, 5.74) is 14.2. The van der Waals surface area contributed by atoms with Crippen LogP contribution in [0, 0.1) is 5.92 Å². The zero-order valence-electron chi connectivity index (χ0n) is 19.8. The molecule has 1 fully saturated rings. The molecule has 6 rings (SSSR count). The summed E-state index contributed by atoms with van der Waals surface area (Å²) in [6.45, 7) is 7.50. The molecule has 4 N–H and O–H groups in total. The van der Waals surface area contributed by atoms with Gasteiger partial charge in [0, 0.05) is 28.3 Å². The number of hydrogen-bond donors (Lipinski definition) is 3. The number of ketones is 1. The van der Waals surface area contributed by atoms with E-state index in [1.807, 2.05) is 37.3 Å². The molecular weight excluding hydrogens is 470 g/mol. The van der Waals surface area contributed by atoms with Crippen LogP contribution in [0.5, 0.6) is 0 Å². The average molecular weight is 494 g/mol. The van der Waals surface area contributed by atoms with Gasteiger partial charge < -0.3 is 10.7 Å². The lowest BCUT2D eigenvalue weighted by Crippen LogP contribution is -1.95. The number of nitrogens with one attached hydrogen (secondary N) is 2. The highest BCUT2D eigenvalue weighted by molar-refractivity contribution is 7.17. The lowest BCUT2D eigenvalue weighted by Gasteiger charge is -2.04. The highest BCUT2D eigenvalue weighted by atomic mass is 32.1. The van der Waals surface area contributed by atoms with Crippen molar-refractivity contribution in [3.8, 4) is 22.0 Å². The molecule has 178 valence electrons. The third kappa shape index (κ3) is 3.93. The number of rotatable bonds is 6. The van der Waals surface area contributed by atoms with Gasteiger partial charge in [0.15, 0.2) is 17.3 Å². The van der Waals surface area contributed by atoms with Crippen LogP contribution >= 0.6 is 11.3 Å². The smallest absolute Gasteiger partial charge is 0.169 e. The summed E-state index contributed by atoms with van der Waals surface area (Å²) in [6, 6.07) is 7.69. The first-order valence-electron chi connectivity index (χ1n) is 11.5. The molecular formula is C27H23N7OS. The van der Waals surface area contributed by atoms with E-state index in [4.69, 9.17) is 15.7 Å². The number of aromatic nitrogens is 6. The number of H-pyrrole nitrogens is 2. The summed E-state index contributed by atoms with van der Waals surface area (Å²) < 4.78 is 0. The van der Waals surface area contributed by atoms with E-state index < -0.39 is 0 Å². The molecule has 0 saturated heterocycles. The van der Waals surface area contributed by atoms with Crippen molar-refractivity contribution in [3.63, 3.8) is 0 Å². The van der Waals surface area contributed by atoms with E-state index in [9.17, 15) is 4.79 Å². The quantitative estimate of drug-likeness (QED) is 0.159. The van der Waals surface area contributed by atoms with E-state index in [2.05, 4.69) is 32.8 Å². The standard InChI is InChI=1S/C27H23N7OS/c1-13-8-16(13)10-17(9-14(2)28)19-4-5-20-25(30-19)26(34-33-20)27-31-21-12-29-11-18(24(21)32-27)23-7-6-22(36-23)15(3)35/h4-7,9-12,16H,1,8,28H2,2-3H3,(H,31,32)(H,33,34)/b14-9+,17-10+. The number of Topliss-reactive ketones (excluding diaryl/α,β-unsaturated/α-hetero) is 1. The monoisotopic (exact) mass is 493 g/mol. The molecule has 0 aromatic carbocycles. The largest absolute Gasteiger partial charge is 0.402 e. The van der Waals surface area contributed by atoms with E-state index in [0.29, 0.717) is 33.5 Å². The first-order chi connectivity index (χ1) is 17.4. The fraction of sp³-hybridized carbons (Fsp3) is 0.148. The van der Waals surface area contributed by atoms with Gasteiger partial charge in [-0.1, -0.05) is 18.2 Å². The van der Waals surface area contributed by atoms with E-state index in [1.165, 1.54) is 16.9 Å². The van der Waals surface area contributed by atoms with Crippen molar-refractivity contribution in [1.29, 1.82) is 0 Å². The van der Waals surface area contributed by atoms with Crippen molar-refractivity contribution in [2.45, 2.75) is 20.3 Å². The molecule has 1 aliphatic rings. The molecule has 1 unspecified atom stereocenters. The number of hydrogen-bond acceptors (Lipinski definition) is 7. The summed E-state index contributed by atoms with van der Waals surface area (Å²) in [4.78, 5) is 31.0. The van der Waals surface area contributed by atoms with Crippen LogP contribution in [-0.4, -0.2) is 35.9 Å². The summed E-state index contributed by atoms with van der Waals surface area (Å²) in [6.07, 6.45) is 8.61. The van der Waals surface area contributed by atoms with Crippen molar-refractivity contribution in [1.82, 2.24) is 30.1 Å². The van der Waals surface area contributed by atoms with Gasteiger partial charge in [-0.25, -0.2) is 9.97 Å². The number of thiophene rings is 1. The molecule has 1 aliphatic carbocycles. The average Bonchev–Trinajstić information content (AvgIpc) is 3.29. The van der Waals surface area contributed by atoms with Gasteiger partial charge in [-0.3, -0.25) is 14.9 Å². The lowest BCUT2D eigenvalue weighted by atomic mass is 10.1. The first-order valence-corrected chi connectivity index (χ1v) is 12.3. The number of aromatic amines is 2. The van der Waals surface area contributed by atoms with Crippen molar-refractivity contribution >= 4 is 44.8 Å². The number of nitrogens with two attached hydrogens (primary N) is 1. The van der Waals surface area contributed by atoms with Gasteiger partial charge in [0.05, 0.1) is 27.8 Å².